The first kappa shape index (κ1) is 14.8. The zero-order chi connectivity index (χ0) is 14.8. The molecule has 2 heterocycles. The summed E-state index contributed by atoms with van der Waals surface area (Å²) in [7, 11) is 0. The van der Waals surface area contributed by atoms with Crippen molar-refractivity contribution in [1.29, 1.82) is 0 Å². The van der Waals surface area contributed by atoms with Crippen LogP contribution < -0.4 is 9.80 Å². The van der Waals surface area contributed by atoms with E-state index in [0.29, 0.717) is 0 Å². The Morgan fingerprint density at radius 1 is 1.24 bits per heavy atom. The fourth-order valence-electron chi connectivity index (χ4n) is 2.55. The van der Waals surface area contributed by atoms with Crippen LogP contribution in [0.3, 0.4) is 0 Å². The molecule has 1 aromatic carbocycles. The Balaban J connectivity index is 1.69. The van der Waals surface area contributed by atoms with Crippen molar-refractivity contribution >= 4 is 38.1 Å². The maximum atomic E-state index is 9.64. The summed E-state index contributed by atoms with van der Waals surface area (Å²) in [6.45, 7) is 5.71. The summed E-state index contributed by atoms with van der Waals surface area (Å²) >= 11 is 5.32. The van der Waals surface area contributed by atoms with E-state index in [1.807, 2.05) is 23.7 Å². The van der Waals surface area contributed by atoms with Crippen LogP contribution in [0.15, 0.2) is 34.2 Å². The fraction of sp³-hybridized carbons (Fsp3) is 0.400. The van der Waals surface area contributed by atoms with Gasteiger partial charge in [0.2, 0.25) is 0 Å². The number of benzene rings is 1. The Morgan fingerprint density at radius 2 is 1.95 bits per heavy atom. The molecule has 1 fully saturated rings. The molecule has 6 heteroatoms. The number of aliphatic hydroxyl groups excluding tert-OH is 1. The Hall–Kier alpha value is -1.11. The summed E-state index contributed by atoms with van der Waals surface area (Å²) < 4.78 is 1.04. The molecule has 112 valence electrons. The van der Waals surface area contributed by atoms with Crippen LogP contribution in [0, 0.1) is 0 Å². The SMILES string of the molecule is CC(O)c1ccc(N2CCN(c3nccs3)CC2)c(Br)c1. The topological polar surface area (TPSA) is 39.6 Å². The van der Waals surface area contributed by atoms with E-state index in [0.717, 1.165) is 41.3 Å². The maximum Gasteiger partial charge on any atom is 0.185 e. The lowest BCUT2D eigenvalue weighted by molar-refractivity contribution is 0.199. The van der Waals surface area contributed by atoms with Crippen LogP contribution >= 0.6 is 27.3 Å². The van der Waals surface area contributed by atoms with Gasteiger partial charge in [-0.3, -0.25) is 0 Å². The number of hydrogen-bond acceptors (Lipinski definition) is 5. The van der Waals surface area contributed by atoms with Gasteiger partial charge in [-0.1, -0.05) is 6.07 Å². The number of piperazine rings is 1. The molecular weight excluding hydrogens is 350 g/mol. The van der Waals surface area contributed by atoms with Crippen LogP contribution in [0.2, 0.25) is 0 Å². The van der Waals surface area contributed by atoms with Gasteiger partial charge in [-0.15, -0.1) is 11.3 Å². The molecule has 0 saturated carbocycles. The number of hydrogen-bond donors (Lipinski definition) is 1. The molecule has 0 radical (unpaired) electrons. The highest BCUT2D eigenvalue weighted by Crippen LogP contribution is 2.30. The van der Waals surface area contributed by atoms with Crippen LogP contribution in [0.25, 0.3) is 0 Å². The molecule has 0 spiro atoms. The van der Waals surface area contributed by atoms with E-state index < -0.39 is 6.10 Å². The minimum atomic E-state index is -0.433. The van der Waals surface area contributed by atoms with Gasteiger partial charge in [-0.25, -0.2) is 4.98 Å². The van der Waals surface area contributed by atoms with E-state index in [1.54, 1.807) is 18.3 Å². The smallest absolute Gasteiger partial charge is 0.185 e. The minimum absolute atomic E-state index is 0.433. The Kier molecular flexibility index (Phi) is 4.47. The van der Waals surface area contributed by atoms with Gasteiger partial charge >= 0.3 is 0 Å². The molecule has 1 N–H and O–H groups in total. The molecule has 0 amide bonds. The standard InChI is InChI=1S/C15H18BrN3OS/c1-11(20)12-2-3-14(13(16)10-12)18-5-7-19(8-6-18)15-17-4-9-21-15/h2-4,9-11,20H,5-8H2,1H3. The van der Waals surface area contributed by atoms with Gasteiger partial charge < -0.3 is 14.9 Å². The second-order valence-electron chi connectivity index (χ2n) is 5.18. The Morgan fingerprint density at radius 3 is 2.52 bits per heavy atom. The third kappa shape index (κ3) is 3.22. The quantitative estimate of drug-likeness (QED) is 0.903. The highest BCUT2D eigenvalue weighted by atomic mass is 79.9. The molecule has 0 aliphatic carbocycles. The summed E-state index contributed by atoms with van der Waals surface area (Å²) in [5.74, 6) is 0. The van der Waals surface area contributed by atoms with Gasteiger partial charge in [0.25, 0.3) is 0 Å². The molecule has 1 saturated heterocycles. The first-order valence-corrected chi connectivity index (χ1v) is 8.69. The molecule has 21 heavy (non-hydrogen) atoms. The third-order valence-corrected chi connectivity index (χ3v) is 5.23. The van der Waals surface area contributed by atoms with Crippen molar-refractivity contribution in [3.8, 4) is 0 Å². The molecule has 4 nitrogen and oxygen atoms in total. The van der Waals surface area contributed by atoms with Crippen LogP contribution in [-0.4, -0.2) is 36.3 Å². The molecular formula is C15H18BrN3OS. The lowest BCUT2D eigenvalue weighted by Gasteiger charge is -2.36. The minimum Gasteiger partial charge on any atom is -0.389 e. The summed E-state index contributed by atoms with van der Waals surface area (Å²) in [5.41, 5.74) is 2.13. The van der Waals surface area contributed by atoms with E-state index in [2.05, 4.69) is 36.8 Å². The van der Waals surface area contributed by atoms with Gasteiger partial charge in [0, 0.05) is 42.2 Å². The monoisotopic (exact) mass is 367 g/mol. The Bertz CT molecular complexity index is 595. The van der Waals surface area contributed by atoms with E-state index in [4.69, 9.17) is 0 Å². The number of nitrogens with zero attached hydrogens (tertiary/aromatic N) is 3. The van der Waals surface area contributed by atoms with Crippen molar-refractivity contribution in [3.63, 3.8) is 0 Å². The summed E-state index contributed by atoms with van der Waals surface area (Å²) in [5, 5.41) is 12.8. The number of rotatable bonds is 3. The lowest BCUT2D eigenvalue weighted by Crippen LogP contribution is -2.46. The summed E-state index contributed by atoms with van der Waals surface area (Å²) in [6, 6.07) is 6.09. The second kappa shape index (κ2) is 6.34. The average Bonchev–Trinajstić information content (AvgIpc) is 3.01. The zero-order valence-corrected chi connectivity index (χ0v) is 14.3. The molecule has 0 bridgehead atoms. The van der Waals surface area contributed by atoms with Gasteiger partial charge in [0.05, 0.1) is 11.8 Å². The van der Waals surface area contributed by atoms with E-state index >= 15 is 0 Å². The predicted octanol–water partition coefficient (Wildman–Crippen LogP) is 3.29. The maximum absolute atomic E-state index is 9.64. The largest absolute Gasteiger partial charge is 0.389 e. The number of thiazole rings is 1. The average molecular weight is 368 g/mol. The molecule has 2 aromatic rings. The molecule has 1 aliphatic rings. The van der Waals surface area contributed by atoms with Crippen molar-refractivity contribution in [3.05, 3.63) is 39.8 Å². The third-order valence-electron chi connectivity index (χ3n) is 3.76. The number of halogens is 1. The molecule has 3 rings (SSSR count). The van der Waals surface area contributed by atoms with Gasteiger partial charge in [-0.05, 0) is 40.5 Å². The van der Waals surface area contributed by atoms with E-state index in [1.165, 1.54) is 5.69 Å². The highest BCUT2D eigenvalue weighted by Gasteiger charge is 2.20. The van der Waals surface area contributed by atoms with Crippen molar-refractivity contribution in [2.75, 3.05) is 36.0 Å². The normalized spacial score (nSPS) is 17.1. The van der Waals surface area contributed by atoms with Crippen LogP contribution in [0.1, 0.15) is 18.6 Å². The van der Waals surface area contributed by atoms with E-state index in [-0.39, 0.29) is 0 Å². The predicted molar refractivity (Wildman–Crippen MR) is 91.3 cm³/mol. The van der Waals surface area contributed by atoms with Crippen molar-refractivity contribution in [2.24, 2.45) is 0 Å². The first-order valence-electron chi connectivity index (χ1n) is 7.02. The lowest BCUT2D eigenvalue weighted by atomic mass is 10.1. The zero-order valence-electron chi connectivity index (χ0n) is 11.9. The number of aliphatic hydroxyl groups is 1. The molecule has 1 atom stereocenters. The van der Waals surface area contributed by atoms with Crippen molar-refractivity contribution in [2.45, 2.75) is 13.0 Å². The molecule has 1 aliphatic heterocycles. The van der Waals surface area contributed by atoms with Crippen molar-refractivity contribution < 1.29 is 5.11 Å². The summed E-state index contributed by atoms with van der Waals surface area (Å²) in [6.07, 6.45) is 1.43. The first-order chi connectivity index (χ1) is 10.1. The van der Waals surface area contributed by atoms with Crippen LogP contribution in [0.5, 0.6) is 0 Å². The Labute approximate surface area is 137 Å². The van der Waals surface area contributed by atoms with Gasteiger partial charge in [0.1, 0.15) is 0 Å². The number of aromatic nitrogens is 1. The fourth-order valence-corrected chi connectivity index (χ4v) is 3.89. The van der Waals surface area contributed by atoms with Crippen LogP contribution in [-0.2, 0) is 0 Å². The molecule has 1 unspecified atom stereocenters. The van der Waals surface area contributed by atoms with Gasteiger partial charge in [0.15, 0.2) is 5.13 Å². The van der Waals surface area contributed by atoms with Crippen LogP contribution in [0.4, 0.5) is 10.8 Å². The summed E-state index contributed by atoms with van der Waals surface area (Å²) in [4.78, 5) is 9.08. The number of anilines is 2. The van der Waals surface area contributed by atoms with E-state index in [9.17, 15) is 5.11 Å². The van der Waals surface area contributed by atoms with Gasteiger partial charge in [-0.2, -0.15) is 0 Å². The highest BCUT2D eigenvalue weighted by molar-refractivity contribution is 9.10. The molecule has 1 aromatic heterocycles. The van der Waals surface area contributed by atoms with Crippen molar-refractivity contribution in [1.82, 2.24) is 4.98 Å². The second-order valence-corrected chi connectivity index (χ2v) is 6.90.